The van der Waals surface area contributed by atoms with Gasteiger partial charge in [0.15, 0.2) is 7.85 Å². The summed E-state index contributed by atoms with van der Waals surface area (Å²) in [6.07, 6.45) is -0.927. The van der Waals surface area contributed by atoms with Gasteiger partial charge in [0.2, 0.25) is 0 Å². The third kappa shape index (κ3) is 8.85. The lowest BCUT2D eigenvalue weighted by molar-refractivity contribution is -0.111. The molecule has 2 amide bonds. The van der Waals surface area contributed by atoms with E-state index in [1.54, 1.807) is 0 Å². The van der Waals surface area contributed by atoms with Crippen LogP contribution in [-0.2, 0) is 14.3 Å². The monoisotopic (exact) mass is 230 g/mol. The van der Waals surface area contributed by atoms with Crippen LogP contribution in [0, 0.1) is 0 Å². The van der Waals surface area contributed by atoms with Crippen molar-refractivity contribution < 1.29 is 23.9 Å². The highest BCUT2D eigenvalue weighted by Gasteiger charge is 2.02. The zero-order valence-corrected chi connectivity index (χ0v) is 9.37. The quantitative estimate of drug-likeness (QED) is 0.433. The van der Waals surface area contributed by atoms with E-state index in [9.17, 15) is 14.4 Å². The molecule has 2 N–H and O–H groups in total. The Bertz CT molecular complexity index is 259. The van der Waals surface area contributed by atoms with E-state index >= 15 is 0 Å². The van der Waals surface area contributed by atoms with Crippen molar-refractivity contribution in [3.8, 4) is 0 Å². The zero-order chi connectivity index (χ0) is 12.4. The van der Waals surface area contributed by atoms with Crippen molar-refractivity contribution in [2.45, 2.75) is 6.42 Å². The molecule has 0 aromatic heterocycles. The highest BCUT2D eigenvalue weighted by atomic mass is 16.6. The molecule has 0 aliphatic carbocycles. The highest BCUT2D eigenvalue weighted by molar-refractivity contribution is 6.57. The van der Waals surface area contributed by atoms with Gasteiger partial charge in [-0.2, -0.15) is 0 Å². The van der Waals surface area contributed by atoms with Gasteiger partial charge >= 0.3 is 12.2 Å². The molecular weight excluding hydrogens is 215 g/mol. The molecule has 0 spiro atoms. The topological polar surface area (TPSA) is 93.7 Å². The van der Waals surface area contributed by atoms with Crippen molar-refractivity contribution in [2.24, 2.45) is 0 Å². The Morgan fingerprint density at radius 2 is 1.75 bits per heavy atom. The normalized spacial score (nSPS) is 9.06. The number of methoxy groups -OCH3 is 1. The second-order valence-electron chi connectivity index (χ2n) is 2.93. The van der Waals surface area contributed by atoms with E-state index in [1.807, 2.05) is 0 Å². The fraction of sp³-hybridized carbons (Fsp3) is 0.625. The van der Waals surface area contributed by atoms with Gasteiger partial charge in [-0.15, -0.1) is 0 Å². The van der Waals surface area contributed by atoms with Crippen LogP contribution in [0.1, 0.15) is 6.42 Å². The molecule has 0 radical (unpaired) electrons. The molecule has 0 aliphatic heterocycles. The molecule has 0 heterocycles. The molecule has 0 bridgehead atoms. The standard InChI is InChI=1S/C8H15BN2O5/c1-15-7(13)11-4-5-16-8(14)10-3-2-6(9)12/h2-5,9H2,1H3,(H,10,14)(H,11,13). The molecule has 0 rings (SSSR count). The number of carbonyl (C=O) groups excluding carboxylic acids is 3. The van der Waals surface area contributed by atoms with E-state index in [-0.39, 0.29) is 31.8 Å². The first-order chi connectivity index (χ1) is 7.56. The molecule has 0 fully saturated rings. The number of carbonyl (C=O) groups is 3. The summed E-state index contributed by atoms with van der Waals surface area (Å²) < 4.78 is 8.99. The SMILES string of the molecule is BC(=O)CCNC(=O)OCCNC(=O)OC. The minimum atomic E-state index is -0.618. The number of rotatable bonds is 6. The minimum absolute atomic E-state index is 0.00680. The molecule has 0 aromatic rings. The summed E-state index contributed by atoms with van der Waals surface area (Å²) in [5.41, 5.74) is -0.00680. The summed E-state index contributed by atoms with van der Waals surface area (Å²) in [5.74, 6) is 0. The summed E-state index contributed by atoms with van der Waals surface area (Å²) in [6.45, 7) is 0.465. The van der Waals surface area contributed by atoms with E-state index in [1.165, 1.54) is 15.0 Å². The smallest absolute Gasteiger partial charge is 0.407 e. The molecule has 0 aliphatic rings. The summed E-state index contributed by atoms with van der Waals surface area (Å²) >= 11 is 0. The summed E-state index contributed by atoms with van der Waals surface area (Å²) in [5, 5.41) is 4.73. The largest absolute Gasteiger partial charge is 0.453 e. The van der Waals surface area contributed by atoms with Gasteiger partial charge in [0.05, 0.1) is 19.3 Å². The molecule has 0 aromatic carbocycles. The van der Waals surface area contributed by atoms with Gasteiger partial charge in [-0.05, 0) is 0 Å². The number of ether oxygens (including phenoxy) is 2. The van der Waals surface area contributed by atoms with Crippen LogP contribution < -0.4 is 10.6 Å². The third-order valence-electron chi connectivity index (χ3n) is 1.54. The van der Waals surface area contributed by atoms with Crippen LogP contribution >= 0.6 is 0 Å². The number of alkyl carbamates (subject to hydrolysis) is 2. The van der Waals surface area contributed by atoms with Crippen molar-refractivity contribution in [2.75, 3.05) is 26.8 Å². The van der Waals surface area contributed by atoms with Gasteiger partial charge in [-0.25, -0.2) is 9.59 Å². The molecule has 0 unspecified atom stereocenters. The Morgan fingerprint density at radius 3 is 2.31 bits per heavy atom. The van der Waals surface area contributed by atoms with Gasteiger partial charge in [0.25, 0.3) is 0 Å². The summed E-state index contributed by atoms with van der Waals surface area (Å²) in [7, 11) is 2.68. The molecule has 7 nitrogen and oxygen atoms in total. The Morgan fingerprint density at radius 1 is 1.12 bits per heavy atom. The maximum Gasteiger partial charge on any atom is 0.407 e. The molecular formula is C8H15BN2O5. The number of hydrogen-bond donors (Lipinski definition) is 2. The second-order valence-corrected chi connectivity index (χ2v) is 2.93. The Kier molecular flexibility index (Phi) is 7.65. The molecule has 8 heteroatoms. The fourth-order valence-corrected chi connectivity index (χ4v) is 0.761. The van der Waals surface area contributed by atoms with Gasteiger partial charge in [-0.1, -0.05) is 0 Å². The summed E-state index contributed by atoms with van der Waals surface area (Å²) in [4.78, 5) is 32.1. The van der Waals surface area contributed by atoms with E-state index < -0.39 is 12.2 Å². The van der Waals surface area contributed by atoms with Crippen LogP contribution in [0.4, 0.5) is 9.59 Å². The maximum atomic E-state index is 11.0. The van der Waals surface area contributed by atoms with Crippen molar-refractivity contribution in [3.63, 3.8) is 0 Å². The lowest BCUT2D eigenvalue weighted by Crippen LogP contribution is -2.31. The second kappa shape index (κ2) is 8.57. The van der Waals surface area contributed by atoms with Crippen molar-refractivity contribution in [1.29, 1.82) is 0 Å². The molecule has 90 valence electrons. The van der Waals surface area contributed by atoms with Crippen molar-refractivity contribution >= 4 is 25.7 Å². The first kappa shape index (κ1) is 14.3. The van der Waals surface area contributed by atoms with Gasteiger partial charge in [-0.3, -0.25) is 0 Å². The van der Waals surface area contributed by atoms with Crippen LogP contribution in [-0.4, -0.2) is 52.5 Å². The fourth-order valence-electron chi connectivity index (χ4n) is 0.761. The number of amides is 2. The van der Waals surface area contributed by atoms with Crippen LogP contribution in [0.2, 0.25) is 0 Å². The first-order valence-electron chi connectivity index (χ1n) is 4.78. The van der Waals surface area contributed by atoms with Crippen LogP contribution in [0.5, 0.6) is 0 Å². The average Bonchev–Trinajstić information content (AvgIpc) is 2.23. The van der Waals surface area contributed by atoms with Crippen LogP contribution in [0.15, 0.2) is 0 Å². The van der Waals surface area contributed by atoms with Crippen molar-refractivity contribution in [1.82, 2.24) is 10.6 Å². The lowest BCUT2D eigenvalue weighted by Gasteiger charge is -2.06. The Labute approximate surface area is 94.3 Å². The van der Waals surface area contributed by atoms with Gasteiger partial charge in [0, 0.05) is 13.0 Å². The Balaban J connectivity index is 3.37. The Hall–Kier alpha value is -1.73. The summed E-state index contributed by atoms with van der Waals surface area (Å²) in [6, 6.07) is 0. The number of hydrogen-bond acceptors (Lipinski definition) is 5. The van der Waals surface area contributed by atoms with Crippen LogP contribution in [0.3, 0.4) is 0 Å². The van der Waals surface area contributed by atoms with Gasteiger partial charge < -0.3 is 24.9 Å². The van der Waals surface area contributed by atoms with E-state index in [0.717, 1.165) is 0 Å². The van der Waals surface area contributed by atoms with Crippen molar-refractivity contribution in [3.05, 3.63) is 0 Å². The average molecular weight is 230 g/mol. The lowest BCUT2D eigenvalue weighted by atomic mass is 10.00. The zero-order valence-electron chi connectivity index (χ0n) is 9.37. The number of nitrogens with one attached hydrogen (secondary N) is 2. The highest BCUT2D eigenvalue weighted by Crippen LogP contribution is 1.80. The van der Waals surface area contributed by atoms with E-state index in [4.69, 9.17) is 0 Å². The van der Waals surface area contributed by atoms with Gasteiger partial charge in [0.1, 0.15) is 6.61 Å². The minimum Gasteiger partial charge on any atom is -0.453 e. The molecule has 16 heavy (non-hydrogen) atoms. The maximum absolute atomic E-state index is 11.0. The molecule has 0 saturated heterocycles. The first-order valence-corrected chi connectivity index (χ1v) is 4.78. The molecule has 0 atom stereocenters. The predicted molar refractivity (Wildman–Crippen MR) is 57.9 cm³/mol. The van der Waals surface area contributed by atoms with Crippen LogP contribution in [0.25, 0.3) is 0 Å². The molecule has 0 saturated carbocycles. The van der Waals surface area contributed by atoms with E-state index in [2.05, 4.69) is 20.1 Å². The van der Waals surface area contributed by atoms with E-state index in [0.29, 0.717) is 0 Å². The predicted octanol–water partition coefficient (Wildman–Crippen LogP) is -1.38. The third-order valence-corrected chi connectivity index (χ3v) is 1.54.